The van der Waals surface area contributed by atoms with Gasteiger partial charge in [0, 0.05) is 24.5 Å². The van der Waals surface area contributed by atoms with Gasteiger partial charge in [-0.2, -0.15) is 0 Å². The third kappa shape index (κ3) is 9.74. The summed E-state index contributed by atoms with van der Waals surface area (Å²) in [6, 6.07) is -0.191. The van der Waals surface area contributed by atoms with Crippen LogP contribution in [0.1, 0.15) is 70.6 Å². The SMILES string of the molecule is NC(CC1CCC(C(=O)NCCC(=O)O)CC1)CC(N)C1CCC(OC(F)(F)F)CC1. The Balaban J connectivity index is 1.63. The molecule has 0 saturated heterocycles. The van der Waals surface area contributed by atoms with Gasteiger partial charge >= 0.3 is 12.3 Å². The lowest BCUT2D eigenvalue weighted by atomic mass is 9.76. The number of carboxylic acids is 1. The maximum Gasteiger partial charge on any atom is 0.522 e. The predicted octanol–water partition coefficient (Wildman–Crippen LogP) is 2.91. The fourth-order valence-corrected chi connectivity index (χ4v) is 4.99. The van der Waals surface area contributed by atoms with E-state index in [-0.39, 0.29) is 42.8 Å². The van der Waals surface area contributed by atoms with Gasteiger partial charge in [-0.1, -0.05) is 0 Å². The number of carbonyl (C=O) groups is 2. The molecule has 10 heteroatoms. The minimum Gasteiger partial charge on any atom is -0.481 e. The molecule has 0 aromatic heterocycles. The maximum atomic E-state index is 12.3. The van der Waals surface area contributed by atoms with Crippen LogP contribution in [0.3, 0.4) is 0 Å². The Kier molecular flexibility index (Phi) is 10.0. The highest BCUT2D eigenvalue weighted by molar-refractivity contribution is 5.79. The van der Waals surface area contributed by atoms with E-state index in [9.17, 15) is 22.8 Å². The zero-order chi connectivity index (χ0) is 23.0. The van der Waals surface area contributed by atoms with Crippen LogP contribution in [0.5, 0.6) is 0 Å². The van der Waals surface area contributed by atoms with E-state index in [1.807, 2.05) is 0 Å². The number of nitrogens with two attached hydrogens (primary N) is 2. The number of aliphatic carboxylic acids is 1. The second-order valence-corrected chi connectivity index (χ2v) is 9.15. The monoisotopic (exact) mass is 451 g/mol. The molecule has 31 heavy (non-hydrogen) atoms. The quantitative estimate of drug-likeness (QED) is 0.404. The molecule has 180 valence electrons. The Labute approximate surface area is 181 Å². The molecule has 2 unspecified atom stereocenters. The Morgan fingerprint density at radius 1 is 1.03 bits per heavy atom. The number of hydrogen-bond donors (Lipinski definition) is 4. The van der Waals surface area contributed by atoms with E-state index in [1.165, 1.54) is 0 Å². The molecule has 7 nitrogen and oxygen atoms in total. The summed E-state index contributed by atoms with van der Waals surface area (Å²) in [5, 5.41) is 11.3. The van der Waals surface area contributed by atoms with Crippen molar-refractivity contribution in [3.05, 3.63) is 0 Å². The second kappa shape index (κ2) is 12.0. The van der Waals surface area contributed by atoms with E-state index in [0.29, 0.717) is 38.0 Å². The van der Waals surface area contributed by atoms with Crippen LogP contribution in [-0.4, -0.2) is 48.1 Å². The summed E-state index contributed by atoms with van der Waals surface area (Å²) < 4.78 is 41.1. The highest BCUT2D eigenvalue weighted by Gasteiger charge is 2.36. The number of carbonyl (C=O) groups excluding carboxylic acids is 1. The fourth-order valence-electron chi connectivity index (χ4n) is 4.99. The molecule has 0 aliphatic heterocycles. The number of alkyl halides is 3. The molecule has 0 heterocycles. The van der Waals surface area contributed by atoms with Crippen molar-refractivity contribution in [1.29, 1.82) is 0 Å². The molecule has 1 amide bonds. The number of halogens is 3. The number of rotatable bonds is 10. The van der Waals surface area contributed by atoms with Gasteiger partial charge in [-0.25, -0.2) is 0 Å². The van der Waals surface area contributed by atoms with E-state index < -0.39 is 18.4 Å². The summed E-state index contributed by atoms with van der Waals surface area (Å²) in [5.74, 6) is -0.474. The Hall–Kier alpha value is -1.39. The molecule has 0 aromatic carbocycles. The lowest BCUT2D eigenvalue weighted by molar-refractivity contribution is -0.345. The Morgan fingerprint density at radius 2 is 1.65 bits per heavy atom. The Morgan fingerprint density at radius 3 is 2.19 bits per heavy atom. The molecule has 2 atom stereocenters. The van der Waals surface area contributed by atoms with Gasteiger partial charge in [0.05, 0.1) is 12.5 Å². The fraction of sp³-hybridized carbons (Fsp3) is 0.905. The molecule has 2 aliphatic carbocycles. The van der Waals surface area contributed by atoms with Gasteiger partial charge in [-0.3, -0.25) is 14.3 Å². The van der Waals surface area contributed by atoms with Crippen molar-refractivity contribution in [2.45, 2.75) is 95.2 Å². The second-order valence-electron chi connectivity index (χ2n) is 9.15. The van der Waals surface area contributed by atoms with E-state index >= 15 is 0 Å². The molecule has 2 rings (SSSR count). The smallest absolute Gasteiger partial charge is 0.481 e. The first-order chi connectivity index (χ1) is 14.5. The van der Waals surface area contributed by atoms with E-state index in [0.717, 1.165) is 32.1 Å². The van der Waals surface area contributed by atoms with Gasteiger partial charge in [0.1, 0.15) is 0 Å². The Bertz CT molecular complexity index is 575. The first-order valence-electron chi connectivity index (χ1n) is 11.3. The zero-order valence-electron chi connectivity index (χ0n) is 17.9. The molecule has 0 spiro atoms. The first kappa shape index (κ1) is 25.9. The van der Waals surface area contributed by atoms with Crippen molar-refractivity contribution in [1.82, 2.24) is 5.32 Å². The summed E-state index contributed by atoms with van der Waals surface area (Å²) in [4.78, 5) is 22.6. The minimum atomic E-state index is -4.58. The van der Waals surface area contributed by atoms with Crippen molar-refractivity contribution in [2.75, 3.05) is 6.54 Å². The average molecular weight is 452 g/mol. The van der Waals surface area contributed by atoms with Gasteiger partial charge in [-0.05, 0) is 76.0 Å². The number of carboxylic acid groups (broad SMARTS) is 1. The normalized spacial score (nSPS) is 29.2. The molecule has 2 aliphatic rings. The van der Waals surface area contributed by atoms with Gasteiger partial charge in [0.15, 0.2) is 0 Å². The molecule has 6 N–H and O–H groups in total. The van der Waals surface area contributed by atoms with Gasteiger partial charge in [0.2, 0.25) is 5.91 Å². The number of hydrogen-bond acceptors (Lipinski definition) is 5. The molecular formula is C21H36F3N3O4. The van der Waals surface area contributed by atoms with E-state index in [1.54, 1.807) is 0 Å². The van der Waals surface area contributed by atoms with Crippen LogP contribution in [0.2, 0.25) is 0 Å². The summed E-state index contributed by atoms with van der Waals surface area (Å²) in [5.41, 5.74) is 12.6. The van der Waals surface area contributed by atoms with E-state index in [2.05, 4.69) is 10.1 Å². The third-order valence-electron chi connectivity index (χ3n) is 6.69. The van der Waals surface area contributed by atoms with Crippen LogP contribution >= 0.6 is 0 Å². The van der Waals surface area contributed by atoms with Crippen LogP contribution in [0.4, 0.5) is 13.2 Å². The summed E-state index contributed by atoms with van der Waals surface area (Å²) in [6.45, 7) is 0.154. The van der Waals surface area contributed by atoms with E-state index in [4.69, 9.17) is 16.6 Å². The molecule has 2 saturated carbocycles. The molecule has 0 radical (unpaired) electrons. The van der Waals surface area contributed by atoms with Crippen LogP contribution < -0.4 is 16.8 Å². The number of amides is 1. The first-order valence-corrected chi connectivity index (χ1v) is 11.3. The highest BCUT2D eigenvalue weighted by Crippen LogP contribution is 2.34. The van der Waals surface area contributed by atoms with Crippen LogP contribution in [0, 0.1) is 17.8 Å². The van der Waals surface area contributed by atoms with Crippen molar-refractivity contribution in [3.8, 4) is 0 Å². The lowest BCUT2D eigenvalue weighted by Crippen LogP contribution is -2.41. The van der Waals surface area contributed by atoms with Crippen molar-refractivity contribution >= 4 is 11.9 Å². The van der Waals surface area contributed by atoms with Crippen molar-refractivity contribution in [3.63, 3.8) is 0 Å². The van der Waals surface area contributed by atoms with Crippen molar-refractivity contribution < 1.29 is 32.6 Å². The summed E-state index contributed by atoms with van der Waals surface area (Å²) >= 11 is 0. The lowest BCUT2D eigenvalue weighted by Gasteiger charge is -2.34. The third-order valence-corrected chi connectivity index (χ3v) is 6.69. The van der Waals surface area contributed by atoms with Crippen molar-refractivity contribution in [2.24, 2.45) is 29.2 Å². The number of nitrogens with one attached hydrogen (secondary N) is 1. The largest absolute Gasteiger partial charge is 0.522 e. The molecular weight excluding hydrogens is 415 g/mol. The van der Waals surface area contributed by atoms with Gasteiger partial charge in [-0.15, -0.1) is 13.2 Å². The molecule has 0 aromatic rings. The van der Waals surface area contributed by atoms with Crippen LogP contribution in [-0.2, 0) is 14.3 Å². The van der Waals surface area contributed by atoms with Crippen LogP contribution in [0.25, 0.3) is 0 Å². The highest BCUT2D eigenvalue weighted by atomic mass is 19.4. The summed E-state index contributed by atoms with van der Waals surface area (Å²) in [6.07, 6.45) is 1.36. The minimum absolute atomic E-state index is 0.0647. The van der Waals surface area contributed by atoms with Gasteiger partial charge in [0.25, 0.3) is 0 Å². The average Bonchev–Trinajstić information content (AvgIpc) is 2.67. The predicted molar refractivity (Wildman–Crippen MR) is 109 cm³/mol. The van der Waals surface area contributed by atoms with Crippen LogP contribution in [0.15, 0.2) is 0 Å². The van der Waals surface area contributed by atoms with Gasteiger partial charge < -0.3 is 21.9 Å². The topological polar surface area (TPSA) is 128 Å². The maximum absolute atomic E-state index is 12.3. The molecule has 0 bridgehead atoms. The standard InChI is InChI=1S/C21H36F3N3O4/c22-21(23,24)31-17-7-5-14(6-8-17)18(26)12-16(25)11-13-1-3-15(4-2-13)20(30)27-10-9-19(28)29/h13-18H,1-12,25-26H2,(H,27,30)(H,28,29). The molecule has 2 fully saturated rings. The summed E-state index contributed by atoms with van der Waals surface area (Å²) in [7, 11) is 0. The zero-order valence-corrected chi connectivity index (χ0v) is 17.9. The number of ether oxygens (including phenoxy) is 1.